The molecule has 1 aromatic carbocycles. The summed E-state index contributed by atoms with van der Waals surface area (Å²) >= 11 is 0. The molecule has 0 aromatic heterocycles. The number of nitro groups is 1. The molecule has 0 heterocycles. The number of nitrogens with zero attached hydrogens (tertiary/aromatic N) is 1. The van der Waals surface area contributed by atoms with E-state index in [1.54, 1.807) is 5.32 Å². The van der Waals surface area contributed by atoms with E-state index >= 15 is 0 Å². The molecule has 0 atom stereocenters. The SMILES string of the molecule is O=[N+]([O-])c1ccc(NCC(F)(F)F)cc1NCC(F)(F)F. The van der Waals surface area contributed by atoms with E-state index in [-0.39, 0.29) is 5.69 Å². The van der Waals surface area contributed by atoms with Crippen molar-refractivity contribution in [1.82, 2.24) is 0 Å². The first kappa shape index (κ1) is 16.9. The van der Waals surface area contributed by atoms with Gasteiger partial charge in [-0.2, -0.15) is 26.3 Å². The molecule has 118 valence electrons. The standard InChI is InChI=1S/C10H9F6N3O2/c11-9(12,13)4-17-6-1-2-8(19(20)21)7(3-6)18-5-10(14,15)16/h1-3,17-18H,4-5H2. The highest BCUT2D eigenvalue weighted by Crippen LogP contribution is 2.29. The highest BCUT2D eigenvalue weighted by molar-refractivity contribution is 5.68. The Morgan fingerprint density at radius 1 is 1.00 bits per heavy atom. The number of anilines is 2. The van der Waals surface area contributed by atoms with Crippen molar-refractivity contribution >= 4 is 17.1 Å². The molecule has 0 radical (unpaired) electrons. The Morgan fingerprint density at radius 3 is 2.00 bits per heavy atom. The molecule has 0 saturated carbocycles. The zero-order chi connectivity index (χ0) is 16.3. The number of nitro benzene ring substituents is 1. The highest BCUT2D eigenvalue weighted by Gasteiger charge is 2.29. The lowest BCUT2D eigenvalue weighted by Gasteiger charge is -2.13. The molecule has 0 saturated heterocycles. The number of nitrogens with one attached hydrogen (secondary N) is 2. The maximum Gasteiger partial charge on any atom is 0.405 e. The van der Waals surface area contributed by atoms with Crippen molar-refractivity contribution < 1.29 is 31.3 Å². The number of halogens is 6. The molecule has 0 unspecified atom stereocenters. The maximum atomic E-state index is 12.1. The molecule has 0 spiro atoms. The van der Waals surface area contributed by atoms with Crippen LogP contribution < -0.4 is 10.6 Å². The molecular weight excluding hydrogens is 308 g/mol. The molecule has 1 aromatic rings. The maximum absolute atomic E-state index is 12.1. The van der Waals surface area contributed by atoms with Crippen molar-refractivity contribution in [3.05, 3.63) is 28.3 Å². The van der Waals surface area contributed by atoms with Crippen LogP contribution in [0.25, 0.3) is 0 Å². The quantitative estimate of drug-likeness (QED) is 0.495. The van der Waals surface area contributed by atoms with Crippen molar-refractivity contribution in [2.45, 2.75) is 12.4 Å². The van der Waals surface area contributed by atoms with Crippen LogP contribution in [0.4, 0.5) is 43.4 Å². The van der Waals surface area contributed by atoms with E-state index in [0.29, 0.717) is 0 Å². The van der Waals surface area contributed by atoms with Gasteiger partial charge in [0, 0.05) is 11.8 Å². The van der Waals surface area contributed by atoms with Gasteiger partial charge >= 0.3 is 12.4 Å². The predicted octanol–water partition coefficient (Wildman–Crippen LogP) is 3.54. The first-order chi connectivity index (χ1) is 9.48. The van der Waals surface area contributed by atoms with Gasteiger partial charge in [0.2, 0.25) is 0 Å². The first-order valence-electron chi connectivity index (χ1n) is 5.37. The van der Waals surface area contributed by atoms with Gasteiger partial charge in [0.15, 0.2) is 0 Å². The van der Waals surface area contributed by atoms with Crippen LogP contribution in [-0.2, 0) is 0 Å². The Balaban J connectivity index is 2.93. The van der Waals surface area contributed by atoms with Crippen molar-refractivity contribution in [3.63, 3.8) is 0 Å². The second-order valence-corrected chi connectivity index (χ2v) is 3.93. The van der Waals surface area contributed by atoms with Gasteiger partial charge in [-0.1, -0.05) is 0 Å². The molecule has 11 heteroatoms. The van der Waals surface area contributed by atoms with Gasteiger partial charge in [-0.25, -0.2) is 0 Å². The predicted molar refractivity (Wildman–Crippen MR) is 62.2 cm³/mol. The Labute approximate surface area is 114 Å². The van der Waals surface area contributed by atoms with Crippen LogP contribution in [-0.4, -0.2) is 30.4 Å². The van der Waals surface area contributed by atoms with Crippen molar-refractivity contribution in [2.75, 3.05) is 23.7 Å². The lowest BCUT2D eigenvalue weighted by atomic mass is 10.2. The third-order valence-electron chi connectivity index (χ3n) is 2.17. The van der Waals surface area contributed by atoms with Gasteiger partial charge in [0.1, 0.15) is 18.8 Å². The molecule has 0 bridgehead atoms. The summed E-state index contributed by atoms with van der Waals surface area (Å²) in [6, 6.07) is 2.61. The zero-order valence-electron chi connectivity index (χ0n) is 10.2. The molecule has 0 aliphatic heterocycles. The summed E-state index contributed by atoms with van der Waals surface area (Å²) in [6.07, 6.45) is -9.15. The van der Waals surface area contributed by atoms with E-state index in [1.807, 2.05) is 5.32 Å². The third-order valence-corrected chi connectivity index (χ3v) is 2.17. The van der Waals surface area contributed by atoms with Crippen LogP contribution in [0.2, 0.25) is 0 Å². The van der Waals surface area contributed by atoms with Crippen LogP contribution in [0.1, 0.15) is 0 Å². The molecule has 21 heavy (non-hydrogen) atoms. The Hall–Kier alpha value is -2.20. The third kappa shape index (κ3) is 6.19. The van der Waals surface area contributed by atoms with Gasteiger partial charge in [-0.3, -0.25) is 10.1 Å². The van der Waals surface area contributed by atoms with Gasteiger partial charge in [-0.05, 0) is 12.1 Å². The first-order valence-corrected chi connectivity index (χ1v) is 5.37. The minimum absolute atomic E-state index is 0.192. The minimum Gasteiger partial charge on any atom is -0.376 e. The average molecular weight is 317 g/mol. The molecule has 0 aliphatic carbocycles. The van der Waals surface area contributed by atoms with Crippen LogP contribution in [0, 0.1) is 10.1 Å². The number of rotatable bonds is 5. The zero-order valence-corrected chi connectivity index (χ0v) is 10.2. The van der Waals surface area contributed by atoms with Gasteiger partial charge in [0.05, 0.1) is 4.92 Å². The fourth-order valence-electron chi connectivity index (χ4n) is 1.34. The van der Waals surface area contributed by atoms with E-state index in [9.17, 15) is 36.5 Å². The topological polar surface area (TPSA) is 67.2 Å². The summed E-state index contributed by atoms with van der Waals surface area (Å²) in [5.74, 6) is 0. The van der Waals surface area contributed by atoms with E-state index in [1.165, 1.54) is 0 Å². The smallest absolute Gasteiger partial charge is 0.376 e. The van der Waals surface area contributed by atoms with Crippen LogP contribution >= 0.6 is 0 Å². The van der Waals surface area contributed by atoms with Gasteiger partial charge in [0.25, 0.3) is 5.69 Å². The monoisotopic (exact) mass is 317 g/mol. The van der Waals surface area contributed by atoms with Gasteiger partial charge in [-0.15, -0.1) is 0 Å². The number of benzene rings is 1. The van der Waals surface area contributed by atoms with Crippen molar-refractivity contribution in [2.24, 2.45) is 0 Å². The Kier molecular flexibility index (Phi) is 4.86. The molecule has 0 amide bonds. The fraction of sp³-hybridized carbons (Fsp3) is 0.400. The summed E-state index contributed by atoms with van der Waals surface area (Å²) < 4.78 is 72.3. The van der Waals surface area contributed by atoms with Gasteiger partial charge < -0.3 is 10.6 Å². The number of hydrogen-bond donors (Lipinski definition) is 2. The minimum atomic E-state index is -4.62. The molecule has 2 N–H and O–H groups in total. The summed E-state index contributed by atoms with van der Waals surface area (Å²) in [5, 5.41) is 14.4. The summed E-state index contributed by atoms with van der Waals surface area (Å²) in [7, 11) is 0. The molecule has 5 nitrogen and oxygen atoms in total. The number of hydrogen-bond acceptors (Lipinski definition) is 4. The second kappa shape index (κ2) is 6.06. The van der Waals surface area contributed by atoms with E-state index in [4.69, 9.17) is 0 Å². The summed E-state index contributed by atoms with van der Waals surface area (Å²) in [5.41, 5.74) is -1.39. The Morgan fingerprint density at radius 2 is 1.52 bits per heavy atom. The fourth-order valence-corrected chi connectivity index (χ4v) is 1.34. The molecule has 0 fully saturated rings. The largest absolute Gasteiger partial charge is 0.405 e. The van der Waals surface area contributed by atoms with E-state index < -0.39 is 41.7 Å². The lowest BCUT2D eigenvalue weighted by Crippen LogP contribution is -2.22. The average Bonchev–Trinajstić information content (AvgIpc) is 2.32. The normalized spacial score (nSPS) is 12.1. The Bertz CT molecular complexity index is 514. The lowest BCUT2D eigenvalue weighted by molar-refractivity contribution is -0.384. The van der Waals surface area contributed by atoms with Crippen LogP contribution in [0.5, 0.6) is 0 Å². The number of alkyl halides is 6. The van der Waals surface area contributed by atoms with Crippen molar-refractivity contribution in [3.8, 4) is 0 Å². The van der Waals surface area contributed by atoms with Crippen LogP contribution in [0.3, 0.4) is 0 Å². The summed E-state index contributed by atoms with van der Waals surface area (Å²) in [4.78, 5) is 9.72. The highest BCUT2D eigenvalue weighted by atomic mass is 19.4. The molecule has 0 aliphatic rings. The molecular formula is C10H9F6N3O2. The molecule has 1 rings (SSSR count). The summed E-state index contributed by atoms with van der Waals surface area (Å²) in [6.45, 7) is -2.96. The van der Waals surface area contributed by atoms with E-state index in [0.717, 1.165) is 18.2 Å². The second-order valence-electron chi connectivity index (χ2n) is 3.93. The van der Waals surface area contributed by atoms with Crippen molar-refractivity contribution in [1.29, 1.82) is 0 Å². The van der Waals surface area contributed by atoms with E-state index in [2.05, 4.69) is 0 Å². The van der Waals surface area contributed by atoms with Crippen LogP contribution in [0.15, 0.2) is 18.2 Å².